The van der Waals surface area contributed by atoms with Crippen LogP contribution in [0.1, 0.15) is 12.8 Å². The first-order valence-electron chi connectivity index (χ1n) is 3.96. The van der Waals surface area contributed by atoms with Gasteiger partial charge in [0, 0.05) is 13.1 Å². The first-order valence-corrected chi connectivity index (χ1v) is 3.96. The van der Waals surface area contributed by atoms with Gasteiger partial charge in [-0.15, -0.1) is 0 Å². The lowest BCUT2D eigenvalue weighted by Gasteiger charge is -2.27. The predicted molar refractivity (Wildman–Crippen MR) is 38.2 cm³/mol. The van der Waals surface area contributed by atoms with E-state index in [0.717, 1.165) is 12.5 Å². The Morgan fingerprint density at radius 3 is 3.00 bits per heavy atom. The summed E-state index contributed by atoms with van der Waals surface area (Å²) in [6.07, 6.45) is 2.83. The number of nitrogens with zero attached hydrogens (tertiary/aromatic N) is 1. The molecule has 0 aromatic heterocycles. The van der Waals surface area contributed by atoms with Gasteiger partial charge >= 0.3 is 0 Å². The maximum Gasteiger partial charge on any atom is 0.0917 e. The van der Waals surface area contributed by atoms with E-state index < -0.39 is 0 Å². The Morgan fingerprint density at radius 1 is 1.40 bits per heavy atom. The van der Waals surface area contributed by atoms with Crippen LogP contribution in [0.25, 0.3) is 0 Å². The highest BCUT2D eigenvalue weighted by Crippen LogP contribution is 2.27. The summed E-state index contributed by atoms with van der Waals surface area (Å²) in [4.78, 5) is 7.27. The first-order chi connectivity index (χ1) is 4.88. The van der Waals surface area contributed by atoms with Gasteiger partial charge in [0.1, 0.15) is 0 Å². The molecular weight excluding hydrogens is 128 g/mol. The average Bonchev–Trinajstić information content (AvgIpc) is 2.30. The molecule has 2 fully saturated rings. The molecule has 2 saturated heterocycles. The Bertz CT molecular complexity index is 117. The molecule has 10 heavy (non-hydrogen) atoms. The molecule has 0 aromatic rings. The Morgan fingerprint density at radius 2 is 2.30 bits per heavy atom. The molecule has 2 aliphatic heterocycles. The summed E-state index contributed by atoms with van der Waals surface area (Å²) in [5, 5.41) is 0. The van der Waals surface area contributed by atoms with Crippen LogP contribution in [0.4, 0.5) is 0 Å². The quantitative estimate of drug-likeness (QED) is 0.522. The normalized spacial score (nSPS) is 45.9. The van der Waals surface area contributed by atoms with Gasteiger partial charge in [-0.05, 0) is 25.3 Å². The lowest BCUT2D eigenvalue weighted by molar-refractivity contribution is 0.00126. The van der Waals surface area contributed by atoms with Crippen molar-refractivity contribution in [3.05, 3.63) is 0 Å². The lowest BCUT2D eigenvalue weighted by Crippen LogP contribution is -2.39. The average molecular weight is 142 g/mol. The number of hydrogen-bond acceptors (Lipinski definition) is 3. The fourth-order valence-corrected chi connectivity index (χ4v) is 2.10. The molecule has 0 spiro atoms. The Balaban J connectivity index is 1.96. The molecule has 0 amide bonds. The van der Waals surface area contributed by atoms with Crippen LogP contribution in [0.15, 0.2) is 0 Å². The number of fused-ring (bicyclic) bond motifs is 2. The van der Waals surface area contributed by atoms with Crippen molar-refractivity contribution < 1.29 is 4.84 Å². The SMILES string of the molecule is NOC1CC2CCN(C2)C1. The van der Waals surface area contributed by atoms with E-state index in [1.165, 1.54) is 25.9 Å². The molecule has 2 aliphatic rings. The summed E-state index contributed by atoms with van der Waals surface area (Å²) < 4.78 is 0. The summed E-state index contributed by atoms with van der Waals surface area (Å²) in [6, 6.07) is 0. The van der Waals surface area contributed by atoms with Crippen LogP contribution >= 0.6 is 0 Å². The third-order valence-electron chi connectivity index (χ3n) is 2.62. The Labute approximate surface area is 61.1 Å². The third-order valence-corrected chi connectivity index (χ3v) is 2.62. The van der Waals surface area contributed by atoms with Crippen LogP contribution in [0.3, 0.4) is 0 Å². The molecule has 0 aliphatic carbocycles. The van der Waals surface area contributed by atoms with Gasteiger partial charge in [-0.1, -0.05) is 0 Å². The lowest BCUT2D eigenvalue weighted by atomic mass is 9.99. The largest absolute Gasteiger partial charge is 0.300 e. The number of piperidine rings is 1. The minimum Gasteiger partial charge on any atom is -0.300 e. The zero-order valence-corrected chi connectivity index (χ0v) is 6.12. The van der Waals surface area contributed by atoms with E-state index in [0.29, 0.717) is 6.10 Å². The van der Waals surface area contributed by atoms with Crippen LogP contribution in [-0.2, 0) is 4.84 Å². The van der Waals surface area contributed by atoms with Crippen molar-refractivity contribution in [3.63, 3.8) is 0 Å². The predicted octanol–water partition coefficient (Wildman–Crippen LogP) is -0.0291. The summed E-state index contributed by atoms with van der Waals surface area (Å²) in [6.45, 7) is 3.58. The second-order valence-electron chi connectivity index (χ2n) is 3.41. The zero-order chi connectivity index (χ0) is 6.97. The maximum atomic E-state index is 5.13. The molecule has 3 unspecified atom stereocenters. The van der Waals surface area contributed by atoms with Gasteiger partial charge in [-0.3, -0.25) is 4.84 Å². The fourth-order valence-electron chi connectivity index (χ4n) is 2.10. The third kappa shape index (κ3) is 1.05. The highest BCUT2D eigenvalue weighted by atomic mass is 16.6. The molecule has 58 valence electrons. The van der Waals surface area contributed by atoms with Crippen LogP contribution in [-0.4, -0.2) is 30.6 Å². The number of hydrogen-bond donors (Lipinski definition) is 1. The summed E-state index contributed by atoms with van der Waals surface area (Å²) in [7, 11) is 0. The molecule has 2 rings (SSSR count). The number of rotatable bonds is 1. The molecule has 0 aromatic carbocycles. The van der Waals surface area contributed by atoms with Gasteiger partial charge in [-0.25, -0.2) is 5.90 Å². The molecule has 0 saturated carbocycles. The Hall–Kier alpha value is -0.120. The van der Waals surface area contributed by atoms with E-state index in [2.05, 4.69) is 4.90 Å². The van der Waals surface area contributed by atoms with Gasteiger partial charge < -0.3 is 4.90 Å². The van der Waals surface area contributed by atoms with Crippen molar-refractivity contribution in [2.24, 2.45) is 11.8 Å². The fraction of sp³-hybridized carbons (Fsp3) is 1.00. The molecule has 0 radical (unpaired) electrons. The van der Waals surface area contributed by atoms with E-state index in [4.69, 9.17) is 10.7 Å². The smallest absolute Gasteiger partial charge is 0.0917 e. The van der Waals surface area contributed by atoms with Crippen LogP contribution < -0.4 is 5.90 Å². The van der Waals surface area contributed by atoms with Crippen molar-refractivity contribution in [1.82, 2.24) is 4.90 Å². The second-order valence-corrected chi connectivity index (χ2v) is 3.41. The van der Waals surface area contributed by atoms with Gasteiger partial charge in [0.15, 0.2) is 0 Å². The number of nitrogens with two attached hydrogens (primary N) is 1. The van der Waals surface area contributed by atoms with Gasteiger partial charge in [-0.2, -0.15) is 0 Å². The molecular formula is C7H14N2O. The second kappa shape index (κ2) is 2.49. The topological polar surface area (TPSA) is 38.5 Å². The van der Waals surface area contributed by atoms with E-state index in [1.807, 2.05) is 0 Å². The molecule has 3 nitrogen and oxygen atoms in total. The molecule has 2 N–H and O–H groups in total. The van der Waals surface area contributed by atoms with Crippen molar-refractivity contribution in [3.8, 4) is 0 Å². The van der Waals surface area contributed by atoms with Crippen LogP contribution in [0.5, 0.6) is 0 Å². The van der Waals surface area contributed by atoms with E-state index in [9.17, 15) is 0 Å². The Kier molecular flexibility index (Phi) is 1.64. The van der Waals surface area contributed by atoms with Gasteiger partial charge in [0.25, 0.3) is 0 Å². The highest BCUT2D eigenvalue weighted by molar-refractivity contribution is 4.85. The van der Waals surface area contributed by atoms with Crippen molar-refractivity contribution in [2.45, 2.75) is 18.9 Å². The minimum atomic E-state index is 0.307. The summed E-state index contributed by atoms with van der Waals surface area (Å²) in [5.41, 5.74) is 0. The summed E-state index contributed by atoms with van der Waals surface area (Å²) in [5.74, 6) is 5.99. The van der Waals surface area contributed by atoms with Crippen LogP contribution in [0.2, 0.25) is 0 Å². The molecule has 2 bridgehead atoms. The minimum absolute atomic E-state index is 0.307. The van der Waals surface area contributed by atoms with Crippen molar-refractivity contribution in [1.29, 1.82) is 0 Å². The first kappa shape index (κ1) is 6.58. The molecule has 3 heteroatoms. The zero-order valence-electron chi connectivity index (χ0n) is 6.12. The summed E-state index contributed by atoms with van der Waals surface area (Å²) >= 11 is 0. The molecule has 3 atom stereocenters. The van der Waals surface area contributed by atoms with E-state index in [-0.39, 0.29) is 0 Å². The maximum absolute atomic E-state index is 5.13. The highest BCUT2D eigenvalue weighted by Gasteiger charge is 2.32. The van der Waals surface area contributed by atoms with E-state index in [1.54, 1.807) is 0 Å². The van der Waals surface area contributed by atoms with E-state index >= 15 is 0 Å². The monoisotopic (exact) mass is 142 g/mol. The van der Waals surface area contributed by atoms with Crippen molar-refractivity contribution in [2.75, 3.05) is 19.6 Å². The standard InChI is InChI=1S/C7H14N2O/c8-10-7-3-6-1-2-9(4-6)5-7/h6-7H,1-5,8H2. The van der Waals surface area contributed by atoms with Crippen molar-refractivity contribution >= 4 is 0 Å². The van der Waals surface area contributed by atoms with Crippen LogP contribution in [0, 0.1) is 5.92 Å². The molecule has 2 heterocycles. The van der Waals surface area contributed by atoms with Gasteiger partial charge in [0.05, 0.1) is 6.10 Å². The van der Waals surface area contributed by atoms with Gasteiger partial charge in [0.2, 0.25) is 0 Å².